The second kappa shape index (κ2) is 12.3. The highest BCUT2D eigenvalue weighted by Crippen LogP contribution is 2.36. The third-order valence-electron chi connectivity index (χ3n) is 6.46. The van der Waals surface area contributed by atoms with Crippen LogP contribution >= 0.6 is 0 Å². The van der Waals surface area contributed by atoms with Crippen molar-refractivity contribution in [2.24, 2.45) is 35.1 Å². The molecule has 0 radical (unpaired) electrons. The molecule has 24 heavy (non-hydrogen) atoms. The van der Waals surface area contributed by atoms with Crippen LogP contribution < -0.4 is 11.5 Å². The molecule has 1 aliphatic rings. The maximum absolute atomic E-state index is 6.11. The molecule has 1 rings (SSSR count). The van der Waals surface area contributed by atoms with Crippen LogP contribution in [0.3, 0.4) is 0 Å². The second-order valence-corrected chi connectivity index (χ2v) is 9.19. The minimum absolute atomic E-state index is 0.403. The summed E-state index contributed by atoms with van der Waals surface area (Å²) >= 11 is 0. The maximum atomic E-state index is 6.11. The molecule has 1 aliphatic carbocycles. The summed E-state index contributed by atoms with van der Waals surface area (Å²) in [5.74, 6) is 3.35. The van der Waals surface area contributed by atoms with E-state index in [1.54, 1.807) is 0 Å². The Kier molecular flexibility index (Phi) is 11.3. The average molecular weight is 339 g/mol. The summed E-state index contributed by atoms with van der Waals surface area (Å²) in [6.07, 6.45) is 16.3. The Balaban J connectivity index is 2.07. The molecule has 144 valence electrons. The van der Waals surface area contributed by atoms with Gasteiger partial charge >= 0.3 is 0 Å². The van der Waals surface area contributed by atoms with Gasteiger partial charge in [0.05, 0.1) is 0 Å². The van der Waals surface area contributed by atoms with E-state index in [4.69, 9.17) is 11.5 Å². The first-order valence-electron chi connectivity index (χ1n) is 10.9. The zero-order chi connectivity index (χ0) is 17.9. The molecule has 0 bridgehead atoms. The van der Waals surface area contributed by atoms with E-state index in [2.05, 4.69) is 27.7 Å². The summed E-state index contributed by atoms with van der Waals surface area (Å²) in [7, 11) is 0. The van der Waals surface area contributed by atoms with E-state index >= 15 is 0 Å². The molecule has 0 aromatic heterocycles. The molecule has 2 nitrogen and oxygen atoms in total. The third-order valence-corrected chi connectivity index (χ3v) is 6.46. The predicted molar refractivity (Wildman–Crippen MR) is 108 cm³/mol. The first-order chi connectivity index (χ1) is 11.4. The van der Waals surface area contributed by atoms with Crippen molar-refractivity contribution in [2.75, 3.05) is 0 Å². The Hall–Kier alpha value is -0.0800. The molecule has 2 unspecified atom stereocenters. The van der Waals surface area contributed by atoms with Gasteiger partial charge in [0.1, 0.15) is 0 Å². The number of nitrogens with two attached hydrogens (primary N) is 2. The molecule has 0 aliphatic heterocycles. The van der Waals surface area contributed by atoms with Crippen molar-refractivity contribution < 1.29 is 0 Å². The van der Waals surface area contributed by atoms with E-state index in [0.717, 1.165) is 17.8 Å². The van der Waals surface area contributed by atoms with Crippen LogP contribution in [0.25, 0.3) is 0 Å². The number of rotatable bonds is 12. The SMILES string of the molecule is CC(C)C(N)CCCCCCCCC(C(C)C)[C@H]1CC[C@H](N)CC1. The van der Waals surface area contributed by atoms with E-state index in [-0.39, 0.29) is 0 Å². The molecule has 2 atom stereocenters. The van der Waals surface area contributed by atoms with E-state index in [1.807, 2.05) is 0 Å². The standard InChI is InChI=1S/C22H46N2/c1-17(2)21(19-13-15-20(23)16-14-19)11-9-7-5-6-8-10-12-22(24)18(3)4/h17-22H,5-16,23-24H2,1-4H3/t19-,20-,21?,22?. The molecule has 1 saturated carbocycles. The molecular formula is C22H46N2. The quantitative estimate of drug-likeness (QED) is 0.436. The van der Waals surface area contributed by atoms with Crippen molar-refractivity contribution in [1.29, 1.82) is 0 Å². The molecule has 0 amide bonds. The van der Waals surface area contributed by atoms with Gasteiger partial charge in [-0.3, -0.25) is 0 Å². The monoisotopic (exact) mass is 338 g/mol. The summed E-state index contributed by atoms with van der Waals surface area (Å²) < 4.78 is 0. The molecule has 0 aromatic rings. The lowest BCUT2D eigenvalue weighted by atomic mass is 9.72. The van der Waals surface area contributed by atoms with Gasteiger partial charge in [-0.25, -0.2) is 0 Å². The van der Waals surface area contributed by atoms with Crippen LogP contribution in [0.1, 0.15) is 105 Å². The lowest BCUT2D eigenvalue weighted by Gasteiger charge is -2.35. The minimum atomic E-state index is 0.403. The largest absolute Gasteiger partial charge is 0.328 e. The predicted octanol–water partition coefficient (Wildman–Crippen LogP) is 5.88. The Morgan fingerprint density at radius 1 is 0.708 bits per heavy atom. The number of hydrogen-bond donors (Lipinski definition) is 2. The van der Waals surface area contributed by atoms with Gasteiger partial charge in [0.25, 0.3) is 0 Å². The number of hydrogen-bond acceptors (Lipinski definition) is 2. The molecule has 0 saturated heterocycles. The third kappa shape index (κ3) is 8.85. The van der Waals surface area contributed by atoms with Crippen molar-refractivity contribution in [3.8, 4) is 0 Å². The normalized spacial score (nSPS) is 24.5. The van der Waals surface area contributed by atoms with Crippen LogP contribution in [0.2, 0.25) is 0 Å². The Morgan fingerprint density at radius 2 is 1.21 bits per heavy atom. The van der Waals surface area contributed by atoms with Crippen LogP contribution in [0.4, 0.5) is 0 Å². The molecule has 0 aromatic carbocycles. The first-order valence-corrected chi connectivity index (χ1v) is 10.9. The van der Waals surface area contributed by atoms with Crippen molar-refractivity contribution in [3.63, 3.8) is 0 Å². The van der Waals surface area contributed by atoms with Crippen LogP contribution in [-0.4, -0.2) is 12.1 Å². The fourth-order valence-corrected chi connectivity index (χ4v) is 4.49. The van der Waals surface area contributed by atoms with Gasteiger partial charge in [-0.2, -0.15) is 0 Å². The minimum Gasteiger partial charge on any atom is -0.328 e. The van der Waals surface area contributed by atoms with Gasteiger partial charge in [0.2, 0.25) is 0 Å². The molecule has 0 spiro atoms. The van der Waals surface area contributed by atoms with E-state index in [1.165, 1.54) is 77.0 Å². The fraction of sp³-hybridized carbons (Fsp3) is 1.00. The van der Waals surface area contributed by atoms with Crippen LogP contribution in [0, 0.1) is 23.7 Å². The lowest BCUT2D eigenvalue weighted by molar-refractivity contribution is 0.172. The highest BCUT2D eigenvalue weighted by Gasteiger charge is 2.27. The summed E-state index contributed by atoms with van der Waals surface area (Å²) in [4.78, 5) is 0. The average Bonchev–Trinajstić information content (AvgIpc) is 2.54. The van der Waals surface area contributed by atoms with Crippen LogP contribution in [0.15, 0.2) is 0 Å². The van der Waals surface area contributed by atoms with E-state index in [0.29, 0.717) is 18.0 Å². The van der Waals surface area contributed by atoms with Gasteiger partial charge in [-0.1, -0.05) is 66.2 Å². The summed E-state index contributed by atoms with van der Waals surface area (Å²) in [6.45, 7) is 9.32. The topological polar surface area (TPSA) is 52.0 Å². The van der Waals surface area contributed by atoms with Crippen molar-refractivity contribution in [2.45, 2.75) is 117 Å². The van der Waals surface area contributed by atoms with Gasteiger partial charge < -0.3 is 11.5 Å². The molecule has 0 heterocycles. The van der Waals surface area contributed by atoms with Crippen LogP contribution in [-0.2, 0) is 0 Å². The lowest BCUT2D eigenvalue weighted by Crippen LogP contribution is -2.31. The molecule has 1 fully saturated rings. The smallest absolute Gasteiger partial charge is 0.00618 e. The maximum Gasteiger partial charge on any atom is 0.00618 e. The highest BCUT2D eigenvalue weighted by molar-refractivity contribution is 4.80. The van der Waals surface area contributed by atoms with Crippen LogP contribution in [0.5, 0.6) is 0 Å². The Morgan fingerprint density at radius 3 is 1.71 bits per heavy atom. The zero-order valence-corrected chi connectivity index (χ0v) is 17.1. The molecule has 2 heteroatoms. The van der Waals surface area contributed by atoms with Crippen molar-refractivity contribution >= 4 is 0 Å². The summed E-state index contributed by atoms with van der Waals surface area (Å²) in [5, 5.41) is 0. The van der Waals surface area contributed by atoms with Crippen molar-refractivity contribution in [3.05, 3.63) is 0 Å². The van der Waals surface area contributed by atoms with Gasteiger partial charge in [0, 0.05) is 12.1 Å². The van der Waals surface area contributed by atoms with Gasteiger partial charge in [-0.15, -0.1) is 0 Å². The van der Waals surface area contributed by atoms with E-state index in [9.17, 15) is 0 Å². The molecule has 4 N–H and O–H groups in total. The fourth-order valence-electron chi connectivity index (χ4n) is 4.49. The Bertz CT molecular complexity index is 292. The first kappa shape index (κ1) is 22.0. The summed E-state index contributed by atoms with van der Waals surface area (Å²) in [6, 6.07) is 0.887. The van der Waals surface area contributed by atoms with E-state index < -0.39 is 0 Å². The zero-order valence-electron chi connectivity index (χ0n) is 17.1. The summed E-state index contributed by atoms with van der Waals surface area (Å²) in [5.41, 5.74) is 12.2. The van der Waals surface area contributed by atoms with Gasteiger partial charge in [-0.05, 0) is 62.2 Å². The number of unbranched alkanes of at least 4 members (excludes halogenated alkanes) is 5. The second-order valence-electron chi connectivity index (χ2n) is 9.19. The Labute approximate surface area is 152 Å². The highest BCUT2D eigenvalue weighted by atomic mass is 14.6. The van der Waals surface area contributed by atoms with Crippen molar-refractivity contribution in [1.82, 2.24) is 0 Å². The van der Waals surface area contributed by atoms with Gasteiger partial charge in [0.15, 0.2) is 0 Å². The molecular weight excluding hydrogens is 292 g/mol.